The summed E-state index contributed by atoms with van der Waals surface area (Å²) in [7, 11) is 0. The second kappa shape index (κ2) is 5.92. The van der Waals surface area contributed by atoms with E-state index >= 15 is 0 Å². The van der Waals surface area contributed by atoms with Crippen molar-refractivity contribution in [3.05, 3.63) is 72.9 Å². The molecule has 1 N–H and O–H groups in total. The number of carbonyl (C=O) groups excluding carboxylic acids is 1. The summed E-state index contributed by atoms with van der Waals surface area (Å²) in [5, 5.41) is 12.2. The molecule has 6 heteroatoms. The van der Waals surface area contributed by atoms with E-state index in [1.54, 1.807) is 24.5 Å². The number of hydrogen-bond acceptors (Lipinski definition) is 5. The van der Waals surface area contributed by atoms with Crippen LogP contribution in [0.1, 0.15) is 10.4 Å². The predicted molar refractivity (Wildman–Crippen MR) is 89.4 cm³/mol. The van der Waals surface area contributed by atoms with Gasteiger partial charge in [-0.3, -0.25) is 9.78 Å². The van der Waals surface area contributed by atoms with Crippen molar-refractivity contribution in [3.63, 3.8) is 0 Å². The highest BCUT2D eigenvalue weighted by Crippen LogP contribution is 2.21. The van der Waals surface area contributed by atoms with Crippen molar-refractivity contribution in [2.75, 3.05) is 5.32 Å². The summed E-state index contributed by atoms with van der Waals surface area (Å²) < 4.78 is 5.14. The van der Waals surface area contributed by atoms with Crippen molar-refractivity contribution < 1.29 is 9.21 Å². The van der Waals surface area contributed by atoms with E-state index in [0.717, 1.165) is 16.3 Å². The van der Waals surface area contributed by atoms with Crippen LogP contribution >= 0.6 is 0 Å². The number of carbonyl (C=O) groups is 1. The summed E-state index contributed by atoms with van der Waals surface area (Å²) >= 11 is 0. The number of hydrogen-bond donors (Lipinski definition) is 1. The monoisotopic (exact) mass is 316 g/mol. The number of rotatable bonds is 3. The Balaban J connectivity index is 1.59. The molecule has 0 atom stereocenters. The molecule has 24 heavy (non-hydrogen) atoms. The molecule has 0 aliphatic heterocycles. The van der Waals surface area contributed by atoms with Crippen molar-refractivity contribution in [2.24, 2.45) is 0 Å². The SMILES string of the molecule is O=C(Nc1ccc(-c2nnco2)cc1)c1cncc2ccccc12. The fraction of sp³-hybridized carbons (Fsp3) is 0. The molecule has 0 saturated heterocycles. The van der Waals surface area contributed by atoms with Crippen molar-refractivity contribution in [1.82, 2.24) is 15.2 Å². The normalized spacial score (nSPS) is 10.7. The third kappa shape index (κ3) is 2.61. The maximum Gasteiger partial charge on any atom is 0.257 e. The summed E-state index contributed by atoms with van der Waals surface area (Å²) in [6, 6.07) is 14.9. The zero-order valence-electron chi connectivity index (χ0n) is 12.5. The third-order valence-corrected chi connectivity index (χ3v) is 3.66. The van der Waals surface area contributed by atoms with Gasteiger partial charge in [0.15, 0.2) is 0 Å². The fourth-order valence-electron chi connectivity index (χ4n) is 2.49. The zero-order valence-corrected chi connectivity index (χ0v) is 12.5. The first-order valence-corrected chi connectivity index (χ1v) is 7.32. The Bertz CT molecular complexity index is 990. The zero-order chi connectivity index (χ0) is 16.4. The lowest BCUT2D eigenvalue weighted by atomic mass is 10.1. The van der Waals surface area contributed by atoms with E-state index in [1.807, 2.05) is 36.4 Å². The highest BCUT2D eigenvalue weighted by atomic mass is 16.4. The number of amides is 1. The van der Waals surface area contributed by atoms with Gasteiger partial charge in [0.2, 0.25) is 12.3 Å². The van der Waals surface area contributed by atoms with Gasteiger partial charge in [0.1, 0.15) is 0 Å². The maximum absolute atomic E-state index is 12.5. The van der Waals surface area contributed by atoms with Gasteiger partial charge in [0.25, 0.3) is 5.91 Å². The molecular weight excluding hydrogens is 304 g/mol. The third-order valence-electron chi connectivity index (χ3n) is 3.66. The molecule has 0 spiro atoms. The smallest absolute Gasteiger partial charge is 0.257 e. The van der Waals surface area contributed by atoms with Gasteiger partial charge in [-0.2, -0.15) is 0 Å². The van der Waals surface area contributed by atoms with Crippen LogP contribution in [0.4, 0.5) is 5.69 Å². The highest BCUT2D eigenvalue weighted by molar-refractivity contribution is 6.12. The molecule has 0 unspecified atom stereocenters. The number of nitrogens with zero attached hydrogens (tertiary/aromatic N) is 3. The molecule has 0 fully saturated rings. The predicted octanol–water partition coefficient (Wildman–Crippen LogP) is 3.54. The Morgan fingerprint density at radius 2 is 1.83 bits per heavy atom. The number of fused-ring (bicyclic) bond motifs is 1. The molecule has 0 bridgehead atoms. The Kier molecular flexibility index (Phi) is 3.47. The van der Waals surface area contributed by atoms with Gasteiger partial charge in [-0.05, 0) is 29.7 Å². The molecule has 1 amide bonds. The molecule has 0 aliphatic rings. The van der Waals surface area contributed by atoms with Gasteiger partial charge in [0.05, 0.1) is 5.56 Å². The number of pyridine rings is 1. The fourth-order valence-corrected chi connectivity index (χ4v) is 2.49. The lowest BCUT2D eigenvalue weighted by Crippen LogP contribution is -2.12. The summed E-state index contributed by atoms with van der Waals surface area (Å²) in [6.07, 6.45) is 4.59. The molecule has 0 radical (unpaired) electrons. The van der Waals surface area contributed by atoms with Crippen molar-refractivity contribution in [3.8, 4) is 11.5 Å². The van der Waals surface area contributed by atoms with E-state index in [-0.39, 0.29) is 5.91 Å². The molecule has 6 nitrogen and oxygen atoms in total. The molecular formula is C18H12N4O2. The summed E-state index contributed by atoms with van der Waals surface area (Å²) in [5.74, 6) is 0.232. The molecule has 116 valence electrons. The maximum atomic E-state index is 12.5. The minimum absolute atomic E-state index is 0.204. The van der Waals surface area contributed by atoms with Gasteiger partial charge in [0, 0.05) is 29.0 Å². The van der Waals surface area contributed by atoms with Crippen LogP contribution in [0.2, 0.25) is 0 Å². The van der Waals surface area contributed by atoms with Crippen molar-refractivity contribution >= 4 is 22.4 Å². The Morgan fingerprint density at radius 3 is 2.62 bits per heavy atom. The lowest BCUT2D eigenvalue weighted by Gasteiger charge is -2.08. The van der Waals surface area contributed by atoms with Crippen LogP contribution in [0.25, 0.3) is 22.2 Å². The van der Waals surface area contributed by atoms with Crippen LogP contribution in [0.3, 0.4) is 0 Å². The standard InChI is InChI=1S/C18H12N4O2/c23-17(16-10-19-9-13-3-1-2-4-15(13)16)21-14-7-5-12(6-8-14)18-22-20-11-24-18/h1-11H,(H,21,23). The second-order valence-corrected chi connectivity index (χ2v) is 5.18. The number of nitrogens with one attached hydrogen (secondary N) is 1. The average Bonchev–Trinajstić information content (AvgIpc) is 3.16. The second-order valence-electron chi connectivity index (χ2n) is 5.18. The minimum atomic E-state index is -0.204. The number of benzene rings is 2. The Morgan fingerprint density at radius 1 is 1.00 bits per heavy atom. The topological polar surface area (TPSA) is 80.9 Å². The van der Waals surface area contributed by atoms with E-state index in [9.17, 15) is 4.79 Å². The summed E-state index contributed by atoms with van der Waals surface area (Å²) in [6.45, 7) is 0. The van der Waals surface area contributed by atoms with E-state index in [2.05, 4.69) is 20.5 Å². The summed E-state index contributed by atoms with van der Waals surface area (Å²) in [5.41, 5.74) is 2.00. The molecule has 2 aromatic heterocycles. The van der Waals surface area contributed by atoms with E-state index in [1.165, 1.54) is 6.39 Å². The molecule has 2 heterocycles. The molecule has 4 aromatic rings. The van der Waals surface area contributed by atoms with Crippen LogP contribution in [0.15, 0.2) is 71.7 Å². The van der Waals surface area contributed by atoms with Crippen molar-refractivity contribution in [2.45, 2.75) is 0 Å². The molecule has 2 aromatic carbocycles. The largest absolute Gasteiger partial charge is 0.423 e. The van der Waals surface area contributed by atoms with Gasteiger partial charge < -0.3 is 9.73 Å². The first-order chi connectivity index (χ1) is 11.8. The average molecular weight is 316 g/mol. The van der Waals surface area contributed by atoms with E-state index in [0.29, 0.717) is 17.1 Å². The van der Waals surface area contributed by atoms with E-state index in [4.69, 9.17) is 4.42 Å². The van der Waals surface area contributed by atoms with Gasteiger partial charge >= 0.3 is 0 Å². The van der Waals surface area contributed by atoms with Gasteiger partial charge in [-0.25, -0.2) is 0 Å². The van der Waals surface area contributed by atoms with Crippen LogP contribution in [0.5, 0.6) is 0 Å². The van der Waals surface area contributed by atoms with Gasteiger partial charge in [-0.1, -0.05) is 24.3 Å². The number of anilines is 1. The lowest BCUT2D eigenvalue weighted by molar-refractivity contribution is 0.102. The highest BCUT2D eigenvalue weighted by Gasteiger charge is 2.11. The minimum Gasteiger partial charge on any atom is -0.423 e. The first-order valence-electron chi connectivity index (χ1n) is 7.32. The van der Waals surface area contributed by atoms with E-state index < -0.39 is 0 Å². The van der Waals surface area contributed by atoms with Crippen molar-refractivity contribution in [1.29, 1.82) is 0 Å². The van der Waals surface area contributed by atoms with Crippen LogP contribution in [0, 0.1) is 0 Å². The number of aromatic nitrogens is 3. The molecule has 0 saturated carbocycles. The van der Waals surface area contributed by atoms with Crippen LogP contribution in [-0.2, 0) is 0 Å². The van der Waals surface area contributed by atoms with Crippen LogP contribution < -0.4 is 5.32 Å². The molecule has 0 aliphatic carbocycles. The summed E-state index contributed by atoms with van der Waals surface area (Å²) in [4.78, 5) is 16.7. The van der Waals surface area contributed by atoms with Crippen LogP contribution in [-0.4, -0.2) is 21.1 Å². The Hall–Kier alpha value is -3.54. The molecule has 4 rings (SSSR count). The van der Waals surface area contributed by atoms with Gasteiger partial charge in [-0.15, -0.1) is 10.2 Å². The first kappa shape index (κ1) is 14.1. The Labute approximate surface area is 137 Å². The quantitative estimate of drug-likeness (QED) is 0.625.